The zero-order chi connectivity index (χ0) is 13.8. The van der Waals surface area contributed by atoms with Gasteiger partial charge in [-0.05, 0) is 32.0 Å². The Bertz CT molecular complexity index is 634. The van der Waals surface area contributed by atoms with E-state index < -0.39 is 0 Å². The zero-order valence-corrected chi connectivity index (χ0v) is 12.4. The first kappa shape index (κ1) is 13.7. The average Bonchev–Trinajstić information content (AvgIpc) is 2.38. The minimum atomic E-state index is 0.317. The van der Waals surface area contributed by atoms with Crippen molar-refractivity contribution in [1.82, 2.24) is 15.3 Å². The van der Waals surface area contributed by atoms with Crippen molar-refractivity contribution in [3.05, 3.63) is 40.8 Å². The molecule has 1 aromatic heterocycles. The predicted molar refractivity (Wildman–Crippen MR) is 82.3 cm³/mol. The van der Waals surface area contributed by atoms with E-state index in [0.717, 1.165) is 15.5 Å². The van der Waals surface area contributed by atoms with Crippen LogP contribution in [0, 0.1) is 5.41 Å². The SMILES string of the molecule is CC(C)N/C=C(\C=N)c1cnc2ccc(Br)cc2n1. The number of nitrogens with zero attached hydrogens (tertiary/aromatic N) is 2. The van der Waals surface area contributed by atoms with Crippen LogP contribution in [0.25, 0.3) is 16.6 Å². The van der Waals surface area contributed by atoms with Crippen molar-refractivity contribution in [2.45, 2.75) is 19.9 Å². The molecule has 2 aromatic rings. The monoisotopic (exact) mass is 318 g/mol. The molecule has 0 aliphatic carbocycles. The van der Waals surface area contributed by atoms with E-state index in [2.05, 4.69) is 31.2 Å². The maximum absolute atomic E-state index is 7.48. The highest BCUT2D eigenvalue weighted by Gasteiger charge is 2.04. The zero-order valence-electron chi connectivity index (χ0n) is 10.8. The van der Waals surface area contributed by atoms with E-state index in [1.807, 2.05) is 32.0 Å². The molecule has 2 N–H and O–H groups in total. The molecule has 5 heteroatoms. The van der Waals surface area contributed by atoms with Crippen LogP contribution >= 0.6 is 15.9 Å². The lowest BCUT2D eigenvalue weighted by molar-refractivity contribution is 0.704. The Hall–Kier alpha value is -1.75. The molecule has 0 amide bonds. The van der Waals surface area contributed by atoms with Gasteiger partial charge in [-0.3, -0.25) is 4.98 Å². The highest BCUT2D eigenvalue weighted by molar-refractivity contribution is 9.10. The lowest BCUT2D eigenvalue weighted by Crippen LogP contribution is -2.16. The van der Waals surface area contributed by atoms with Crippen molar-refractivity contribution in [2.75, 3.05) is 0 Å². The number of aromatic nitrogens is 2. The van der Waals surface area contributed by atoms with Gasteiger partial charge in [0.1, 0.15) is 0 Å². The van der Waals surface area contributed by atoms with Gasteiger partial charge in [0.05, 0.1) is 22.9 Å². The Balaban J connectivity index is 2.43. The third kappa shape index (κ3) is 3.38. The van der Waals surface area contributed by atoms with Gasteiger partial charge in [0.2, 0.25) is 0 Å². The Labute approximate surface area is 120 Å². The molecule has 4 nitrogen and oxygen atoms in total. The van der Waals surface area contributed by atoms with Crippen LogP contribution in [0.1, 0.15) is 19.5 Å². The van der Waals surface area contributed by atoms with Crippen LogP contribution in [-0.2, 0) is 0 Å². The molecule has 0 radical (unpaired) electrons. The number of hydrogen-bond donors (Lipinski definition) is 2. The molecule has 1 heterocycles. The van der Waals surface area contributed by atoms with Crippen molar-refractivity contribution in [3.8, 4) is 0 Å². The largest absolute Gasteiger partial charge is 0.388 e. The molecular formula is C14H15BrN4. The third-order valence-electron chi connectivity index (χ3n) is 2.53. The molecule has 0 bridgehead atoms. The van der Waals surface area contributed by atoms with Crippen LogP contribution in [0.4, 0.5) is 0 Å². The average molecular weight is 319 g/mol. The summed E-state index contributed by atoms with van der Waals surface area (Å²) in [7, 11) is 0. The topological polar surface area (TPSA) is 61.7 Å². The van der Waals surface area contributed by atoms with Gasteiger partial charge < -0.3 is 10.7 Å². The normalized spacial score (nSPS) is 11.9. The molecule has 19 heavy (non-hydrogen) atoms. The summed E-state index contributed by atoms with van der Waals surface area (Å²) < 4.78 is 0.965. The highest BCUT2D eigenvalue weighted by atomic mass is 79.9. The maximum atomic E-state index is 7.48. The summed E-state index contributed by atoms with van der Waals surface area (Å²) >= 11 is 3.42. The molecule has 1 aromatic carbocycles. The molecule has 98 valence electrons. The second-order valence-corrected chi connectivity index (χ2v) is 5.37. The van der Waals surface area contributed by atoms with E-state index in [1.165, 1.54) is 6.21 Å². The minimum Gasteiger partial charge on any atom is -0.388 e. The second kappa shape index (κ2) is 5.93. The summed E-state index contributed by atoms with van der Waals surface area (Å²) in [5.41, 5.74) is 3.05. The predicted octanol–water partition coefficient (Wildman–Crippen LogP) is 3.38. The minimum absolute atomic E-state index is 0.317. The van der Waals surface area contributed by atoms with Crippen LogP contribution in [0.5, 0.6) is 0 Å². The summed E-state index contributed by atoms with van der Waals surface area (Å²) in [6.45, 7) is 4.09. The van der Waals surface area contributed by atoms with Crippen molar-refractivity contribution in [1.29, 1.82) is 5.41 Å². The molecule has 0 saturated heterocycles. The van der Waals surface area contributed by atoms with E-state index in [9.17, 15) is 0 Å². The number of hydrogen-bond acceptors (Lipinski definition) is 4. The molecule has 0 aliphatic heterocycles. The Morgan fingerprint density at radius 1 is 1.37 bits per heavy atom. The van der Waals surface area contributed by atoms with Gasteiger partial charge in [0.25, 0.3) is 0 Å². The standard InChI is InChI=1S/C14H15BrN4/c1-9(2)17-7-10(6-16)14-8-18-12-4-3-11(15)5-13(12)19-14/h3-9,16-17H,1-2H3/b10-7+,16-6?. The van der Waals surface area contributed by atoms with Gasteiger partial charge in [0.15, 0.2) is 0 Å². The number of nitrogens with one attached hydrogen (secondary N) is 2. The van der Waals surface area contributed by atoms with E-state index in [0.29, 0.717) is 17.3 Å². The van der Waals surface area contributed by atoms with Crippen LogP contribution in [0.2, 0.25) is 0 Å². The number of halogens is 1. The van der Waals surface area contributed by atoms with Gasteiger partial charge in [-0.15, -0.1) is 0 Å². The number of benzene rings is 1. The molecule has 2 rings (SSSR count). The lowest BCUT2D eigenvalue weighted by atomic mass is 10.2. The van der Waals surface area contributed by atoms with E-state index in [4.69, 9.17) is 5.41 Å². The van der Waals surface area contributed by atoms with Crippen LogP contribution in [0.3, 0.4) is 0 Å². The third-order valence-corrected chi connectivity index (χ3v) is 3.02. The molecule has 0 fully saturated rings. The Kier molecular flexibility index (Phi) is 4.27. The van der Waals surface area contributed by atoms with Gasteiger partial charge in [-0.2, -0.15) is 0 Å². The van der Waals surface area contributed by atoms with Crippen molar-refractivity contribution in [2.24, 2.45) is 0 Å². The van der Waals surface area contributed by atoms with Crippen molar-refractivity contribution in [3.63, 3.8) is 0 Å². The fraction of sp³-hybridized carbons (Fsp3) is 0.214. The molecular weight excluding hydrogens is 304 g/mol. The van der Waals surface area contributed by atoms with Crippen LogP contribution in [0.15, 0.2) is 35.1 Å². The first-order valence-corrected chi connectivity index (χ1v) is 6.79. The molecule has 0 unspecified atom stereocenters. The summed E-state index contributed by atoms with van der Waals surface area (Å²) in [5, 5.41) is 10.6. The molecule has 0 atom stereocenters. The first-order valence-electron chi connectivity index (χ1n) is 5.99. The molecule has 0 saturated carbocycles. The first-order chi connectivity index (χ1) is 9.10. The molecule has 0 aliphatic rings. The van der Waals surface area contributed by atoms with Gasteiger partial charge in [-0.1, -0.05) is 15.9 Å². The van der Waals surface area contributed by atoms with Gasteiger partial charge in [0, 0.05) is 28.5 Å². The van der Waals surface area contributed by atoms with E-state index in [1.54, 1.807) is 12.4 Å². The summed E-state index contributed by atoms with van der Waals surface area (Å²) in [4.78, 5) is 8.90. The van der Waals surface area contributed by atoms with Gasteiger partial charge >= 0.3 is 0 Å². The summed E-state index contributed by atoms with van der Waals surface area (Å²) in [5.74, 6) is 0. The lowest BCUT2D eigenvalue weighted by Gasteiger charge is -2.07. The fourth-order valence-electron chi connectivity index (χ4n) is 1.57. The van der Waals surface area contributed by atoms with E-state index >= 15 is 0 Å². The summed E-state index contributed by atoms with van der Waals surface area (Å²) in [6.07, 6.45) is 4.77. The second-order valence-electron chi connectivity index (χ2n) is 4.45. The van der Waals surface area contributed by atoms with Crippen molar-refractivity contribution >= 4 is 38.8 Å². The fourth-order valence-corrected chi connectivity index (χ4v) is 1.92. The number of rotatable bonds is 4. The molecule has 0 spiro atoms. The Morgan fingerprint density at radius 2 is 2.16 bits per heavy atom. The summed E-state index contributed by atoms with van der Waals surface area (Å²) in [6, 6.07) is 6.08. The smallest absolute Gasteiger partial charge is 0.0922 e. The van der Waals surface area contributed by atoms with Crippen LogP contribution in [-0.4, -0.2) is 22.2 Å². The Morgan fingerprint density at radius 3 is 2.84 bits per heavy atom. The van der Waals surface area contributed by atoms with Crippen molar-refractivity contribution < 1.29 is 0 Å². The van der Waals surface area contributed by atoms with E-state index in [-0.39, 0.29) is 0 Å². The number of fused-ring (bicyclic) bond motifs is 1. The number of allylic oxidation sites excluding steroid dienone is 1. The maximum Gasteiger partial charge on any atom is 0.0922 e. The van der Waals surface area contributed by atoms with Crippen LogP contribution < -0.4 is 5.32 Å². The van der Waals surface area contributed by atoms with Gasteiger partial charge in [-0.25, -0.2) is 4.98 Å². The highest BCUT2D eigenvalue weighted by Crippen LogP contribution is 2.18. The quantitative estimate of drug-likeness (QED) is 0.849.